The maximum Gasteiger partial charge on any atom is 0.417 e. The van der Waals surface area contributed by atoms with Gasteiger partial charge in [-0.25, -0.2) is 18.7 Å². The van der Waals surface area contributed by atoms with Crippen molar-refractivity contribution in [3.05, 3.63) is 57.3 Å². The smallest absolute Gasteiger partial charge is 0.290 e. The van der Waals surface area contributed by atoms with Crippen LogP contribution in [0.25, 0.3) is 0 Å². The van der Waals surface area contributed by atoms with E-state index < -0.39 is 59.7 Å². The standard InChI is InChI=1S/C14H9Cl2F4N3O3S/c15-9-2-1-6(3-8(9)14(18,19)20)27(25,26)23-12-5-10(16)11(17)4-7(12)13(24)22-21/h1-5,23H,21H2,(H,22,24). The molecule has 0 bridgehead atoms. The molecule has 1 amide bonds. The largest absolute Gasteiger partial charge is 0.417 e. The van der Waals surface area contributed by atoms with E-state index in [4.69, 9.17) is 29.0 Å². The zero-order valence-electron chi connectivity index (χ0n) is 12.9. The number of nitrogen functional groups attached to an aromatic ring is 1. The molecule has 0 unspecified atom stereocenters. The van der Waals surface area contributed by atoms with Gasteiger partial charge in [-0.2, -0.15) is 13.2 Å². The molecule has 0 aromatic heterocycles. The highest BCUT2D eigenvalue weighted by Gasteiger charge is 2.34. The summed E-state index contributed by atoms with van der Waals surface area (Å²) in [6.45, 7) is 0. The lowest BCUT2D eigenvalue weighted by Crippen LogP contribution is -2.31. The van der Waals surface area contributed by atoms with Crippen LogP contribution in [0.4, 0.5) is 23.2 Å². The van der Waals surface area contributed by atoms with Crippen molar-refractivity contribution in [2.24, 2.45) is 5.84 Å². The maximum atomic E-state index is 13.6. The van der Waals surface area contributed by atoms with E-state index >= 15 is 0 Å². The van der Waals surface area contributed by atoms with Gasteiger partial charge in [-0.1, -0.05) is 23.2 Å². The monoisotopic (exact) mass is 445 g/mol. The average Bonchev–Trinajstić information content (AvgIpc) is 2.56. The molecule has 13 heteroatoms. The van der Waals surface area contributed by atoms with Crippen LogP contribution in [-0.2, 0) is 16.2 Å². The summed E-state index contributed by atoms with van der Waals surface area (Å²) < 4.78 is 79.1. The highest BCUT2D eigenvalue weighted by Crippen LogP contribution is 2.36. The number of carbonyl (C=O) groups excluding carboxylic acids is 1. The Morgan fingerprint density at radius 1 is 1.07 bits per heavy atom. The minimum atomic E-state index is -4.90. The van der Waals surface area contributed by atoms with Crippen LogP contribution in [-0.4, -0.2) is 14.3 Å². The van der Waals surface area contributed by atoms with Crippen molar-refractivity contribution in [3.63, 3.8) is 0 Å². The minimum absolute atomic E-state index is 0.318. The maximum absolute atomic E-state index is 13.6. The highest BCUT2D eigenvalue weighted by atomic mass is 35.5. The van der Waals surface area contributed by atoms with Gasteiger partial charge in [0, 0.05) is 0 Å². The molecule has 27 heavy (non-hydrogen) atoms. The van der Waals surface area contributed by atoms with E-state index in [2.05, 4.69) is 0 Å². The van der Waals surface area contributed by atoms with Crippen LogP contribution < -0.4 is 16.0 Å². The molecule has 2 aromatic rings. The molecule has 2 rings (SSSR count). The van der Waals surface area contributed by atoms with Crippen LogP contribution >= 0.6 is 23.2 Å². The summed E-state index contributed by atoms with van der Waals surface area (Å²) in [4.78, 5) is 10.9. The number of halogens is 6. The van der Waals surface area contributed by atoms with Gasteiger partial charge in [0.1, 0.15) is 5.82 Å². The molecule has 146 valence electrons. The number of alkyl halides is 3. The van der Waals surface area contributed by atoms with Crippen molar-refractivity contribution in [1.29, 1.82) is 0 Å². The van der Waals surface area contributed by atoms with E-state index in [9.17, 15) is 30.8 Å². The summed E-state index contributed by atoms with van der Waals surface area (Å²) in [6.07, 6.45) is -4.90. The molecule has 0 spiro atoms. The van der Waals surface area contributed by atoms with Gasteiger partial charge >= 0.3 is 6.18 Å². The van der Waals surface area contributed by atoms with Crippen molar-refractivity contribution in [2.45, 2.75) is 11.1 Å². The van der Waals surface area contributed by atoms with Crippen molar-refractivity contribution in [2.75, 3.05) is 4.72 Å². The summed E-state index contributed by atoms with van der Waals surface area (Å²) in [5.74, 6) is 2.85. The van der Waals surface area contributed by atoms with Crippen molar-refractivity contribution in [3.8, 4) is 0 Å². The Labute approximate surface area is 160 Å². The van der Waals surface area contributed by atoms with E-state index in [1.54, 1.807) is 5.43 Å². The first kappa shape index (κ1) is 21.2. The molecule has 4 N–H and O–H groups in total. The van der Waals surface area contributed by atoms with Crippen LogP contribution in [0.3, 0.4) is 0 Å². The average molecular weight is 446 g/mol. The topological polar surface area (TPSA) is 101 Å². The van der Waals surface area contributed by atoms with Gasteiger partial charge in [-0.3, -0.25) is 14.9 Å². The van der Waals surface area contributed by atoms with Crippen LogP contribution in [0, 0.1) is 5.82 Å². The quantitative estimate of drug-likeness (QED) is 0.289. The lowest BCUT2D eigenvalue weighted by atomic mass is 10.1. The number of carbonyl (C=O) groups is 1. The lowest BCUT2D eigenvalue weighted by molar-refractivity contribution is -0.137. The summed E-state index contributed by atoms with van der Waals surface area (Å²) >= 11 is 11.0. The number of hydrazine groups is 1. The highest BCUT2D eigenvalue weighted by molar-refractivity contribution is 7.92. The van der Waals surface area contributed by atoms with Crippen LogP contribution in [0.2, 0.25) is 10.0 Å². The Morgan fingerprint density at radius 3 is 2.26 bits per heavy atom. The summed E-state index contributed by atoms with van der Waals surface area (Å²) in [7, 11) is -4.62. The fourth-order valence-electron chi connectivity index (χ4n) is 1.99. The van der Waals surface area contributed by atoms with Gasteiger partial charge in [-0.05, 0) is 30.3 Å². The third kappa shape index (κ3) is 4.61. The van der Waals surface area contributed by atoms with Crippen molar-refractivity contribution < 1.29 is 30.8 Å². The first-order valence-corrected chi connectivity index (χ1v) is 9.00. The van der Waals surface area contributed by atoms with Gasteiger partial charge in [0.15, 0.2) is 0 Å². The Morgan fingerprint density at radius 2 is 1.70 bits per heavy atom. The number of sulfonamides is 1. The molecule has 0 aliphatic heterocycles. The zero-order valence-corrected chi connectivity index (χ0v) is 15.2. The summed E-state index contributed by atoms with van der Waals surface area (Å²) in [5, 5.41) is -1.23. The first-order chi connectivity index (χ1) is 12.4. The summed E-state index contributed by atoms with van der Waals surface area (Å²) in [6, 6.07) is 3.29. The van der Waals surface area contributed by atoms with Gasteiger partial charge in [0.25, 0.3) is 15.9 Å². The molecule has 0 radical (unpaired) electrons. The molecular formula is C14H9Cl2F4N3O3S. The minimum Gasteiger partial charge on any atom is -0.290 e. The first-order valence-electron chi connectivity index (χ1n) is 6.76. The molecule has 0 aliphatic carbocycles. The second-order valence-corrected chi connectivity index (χ2v) is 7.53. The molecule has 0 saturated heterocycles. The Bertz CT molecular complexity index is 1010. The second-order valence-electron chi connectivity index (χ2n) is 5.03. The number of benzene rings is 2. The van der Waals surface area contributed by atoms with E-state index in [1.165, 1.54) is 0 Å². The predicted molar refractivity (Wildman–Crippen MR) is 90.3 cm³/mol. The van der Waals surface area contributed by atoms with Crippen molar-refractivity contribution >= 4 is 44.8 Å². The number of hydrogen-bond acceptors (Lipinski definition) is 4. The Hall–Kier alpha value is -2.08. The molecule has 0 heterocycles. The van der Waals surface area contributed by atoms with Gasteiger partial charge in [0.05, 0.1) is 31.8 Å². The summed E-state index contributed by atoms with van der Waals surface area (Å²) in [5.41, 5.74) is -0.718. The van der Waals surface area contributed by atoms with E-state index in [1.807, 2.05) is 4.72 Å². The van der Waals surface area contributed by atoms with Gasteiger partial charge in [-0.15, -0.1) is 0 Å². The van der Waals surface area contributed by atoms with Crippen molar-refractivity contribution in [1.82, 2.24) is 5.43 Å². The number of rotatable bonds is 4. The Kier molecular flexibility index (Phi) is 5.90. The SMILES string of the molecule is NNC(=O)c1cc(F)c(Cl)cc1NS(=O)(=O)c1ccc(Cl)c(C(F)(F)F)c1. The predicted octanol–water partition coefficient (Wildman–Crippen LogP) is 3.56. The number of amides is 1. The molecule has 0 fully saturated rings. The second kappa shape index (κ2) is 7.50. The number of nitrogens with two attached hydrogens (primary N) is 1. The van der Waals surface area contributed by atoms with Gasteiger partial charge in [0.2, 0.25) is 0 Å². The molecule has 0 saturated carbocycles. The third-order valence-corrected chi connectivity index (χ3v) is 5.22. The molecule has 0 atom stereocenters. The van der Waals surface area contributed by atoms with E-state index in [0.717, 1.165) is 18.2 Å². The molecule has 2 aromatic carbocycles. The van der Waals surface area contributed by atoms with Crippen LogP contribution in [0.5, 0.6) is 0 Å². The Balaban J connectivity index is 2.55. The van der Waals surface area contributed by atoms with E-state index in [0.29, 0.717) is 12.1 Å². The fraction of sp³-hybridized carbons (Fsp3) is 0.0714. The molecule has 6 nitrogen and oxygen atoms in total. The zero-order chi connectivity index (χ0) is 20.6. The lowest BCUT2D eigenvalue weighted by Gasteiger charge is -2.15. The van der Waals surface area contributed by atoms with Crippen LogP contribution in [0.1, 0.15) is 15.9 Å². The normalized spacial score (nSPS) is 12.0. The number of nitrogens with one attached hydrogen (secondary N) is 2. The molecular weight excluding hydrogens is 437 g/mol. The number of hydrogen-bond donors (Lipinski definition) is 3. The van der Waals surface area contributed by atoms with Crippen LogP contribution in [0.15, 0.2) is 35.2 Å². The fourth-order valence-corrected chi connectivity index (χ4v) is 3.47. The van der Waals surface area contributed by atoms with Gasteiger partial charge < -0.3 is 0 Å². The molecule has 0 aliphatic rings. The number of anilines is 1. The third-order valence-electron chi connectivity index (χ3n) is 3.23. The van der Waals surface area contributed by atoms with E-state index in [-0.39, 0.29) is 0 Å².